The van der Waals surface area contributed by atoms with Crippen molar-refractivity contribution in [1.29, 1.82) is 0 Å². The van der Waals surface area contributed by atoms with E-state index in [1.807, 2.05) is 66.3 Å². The zero-order valence-corrected chi connectivity index (χ0v) is 16.4. The summed E-state index contributed by atoms with van der Waals surface area (Å²) in [5.74, 6) is 0.679. The fourth-order valence-electron chi connectivity index (χ4n) is 3.30. The minimum Gasteiger partial charge on any atom is -0.361 e. The van der Waals surface area contributed by atoms with E-state index in [1.165, 1.54) is 0 Å². The number of carbonyl (C=O) groups excluding carboxylic acids is 1. The standard InChI is InChI=1S/C23H22N4O2/c1-17-14-20(25-29-17)16-26(2)23(28)22-7-4-3-6-21(22)19-10-8-18(9-11-19)15-27-13-5-12-24-27/h3-14H,15-16H2,1-2H3. The molecule has 6 heteroatoms. The molecular weight excluding hydrogens is 364 g/mol. The van der Waals surface area contributed by atoms with E-state index in [-0.39, 0.29) is 5.91 Å². The van der Waals surface area contributed by atoms with Crippen molar-refractivity contribution in [2.75, 3.05) is 7.05 Å². The van der Waals surface area contributed by atoms with Crippen molar-refractivity contribution in [2.24, 2.45) is 0 Å². The van der Waals surface area contributed by atoms with Gasteiger partial charge in [0.15, 0.2) is 0 Å². The highest BCUT2D eigenvalue weighted by atomic mass is 16.5. The summed E-state index contributed by atoms with van der Waals surface area (Å²) in [6, 6.07) is 19.7. The highest BCUT2D eigenvalue weighted by Gasteiger charge is 2.18. The number of carbonyl (C=O) groups is 1. The molecule has 0 atom stereocenters. The van der Waals surface area contributed by atoms with Gasteiger partial charge in [0, 0.05) is 31.1 Å². The second-order valence-electron chi connectivity index (χ2n) is 7.04. The Morgan fingerprint density at radius 2 is 1.90 bits per heavy atom. The molecule has 0 aliphatic rings. The molecule has 2 heterocycles. The zero-order chi connectivity index (χ0) is 20.2. The largest absolute Gasteiger partial charge is 0.361 e. The number of rotatable bonds is 6. The van der Waals surface area contributed by atoms with Gasteiger partial charge < -0.3 is 9.42 Å². The lowest BCUT2D eigenvalue weighted by Gasteiger charge is -2.18. The predicted octanol–water partition coefficient (Wildman–Crippen LogP) is 4.17. The molecule has 146 valence electrons. The Kier molecular flexibility index (Phi) is 5.24. The molecule has 0 bridgehead atoms. The Bertz CT molecular complexity index is 1100. The molecular formula is C23H22N4O2. The minimum atomic E-state index is -0.0538. The van der Waals surface area contributed by atoms with Crippen molar-refractivity contribution in [1.82, 2.24) is 19.8 Å². The van der Waals surface area contributed by atoms with Crippen LogP contribution in [0.2, 0.25) is 0 Å². The SMILES string of the molecule is Cc1cc(CN(C)C(=O)c2ccccc2-c2ccc(Cn3cccn3)cc2)no1. The number of aromatic nitrogens is 3. The van der Waals surface area contributed by atoms with Gasteiger partial charge in [0.1, 0.15) is 11.5 Å². The molecule has 0 N–H and O–H groups in total. The second kappa shape index (κ2) is 8.14. The smallest absolute Gasteiger partial charge is 0.254 e. The summed E-state index contributed by atoms with van der Waals surface area (Å²) in [6.45, 7) is 2.95. The summed E-state index contributed by atoms with van der Waals surface area (Å²) in [6.07, 6.45) is 3.71. The number of nitrogens with zero attached hydrogens (tertiary/aromatic N) is 4. The van der Waals surface area contributed by atoms with Crippen LogP contribution in [0.25, 0.3) is 11.1 Å². The van der Waals surface area contributed by atoms with Crippen molar-refractivity contribution in [3.8, 4) is 11.1 Å². The van der Waals surface area contributed by atoms with E-state index in [1.54, 1.807) is 18.1 Å². The lowest BCUT2D eigenvalue weighted by atomic mass is 9.98. The van der Waals surface area contributed by atoms with Gasteiger partial charge >= 0.3 is 0 Å². The van der Waals surface area contributed by atoms with Gasteiger partial charge in [-0.3, -0.25) is 9.48 Å². The van der Waals surface area contributed by atoms with Crippen molar-refractivity contribution in [2.45, 2.75) is 20.0 Å². The first-order chi connectivity index (χ1) is 14.1. The molecule has 0 unspecified atom stereocenters. The van der Waals surface area contributed by atoms with Crippen LogP contribution in [-0.2, 0) is 13.1 Å². The van der Waals surface area contributed by atoms with Crippen LogP contribution in [0.15, 0.2) is 77.6 Å². The lowest BCUT2D eigenvalue weighted by Crippen LogP contribution is -2.26. The van der Waals surface area contributed by atoms with Gasteiger partial charge in [-0.1, -0.05) is 47.6 Å². The maximum Gasteiger partial charge on any atom is 0.254 e. The Morgan fingerprint density at radius 3 is 2.59 bits per heavy atom. The highest BCUT2D eigenvalue weighted by Crippen LogP contribution is 2.25. The quantitative estimate of drug-likeness (QED) is 0.499. The van der Waals surface area contributed by atoms with Crippen LogP contribution in [0.4, 0.5) is 0 Å². The number of amides is 1. The number of hydrogen-bond acceptors (Lipinski definition) is 4. The summed E-state index contributed by atoms with van der Waals surface area (Å²) in [7, 11) is 1.77. The van der Waals surface area contributed by atoms with Crippen LogP contribution in [0, 0.1) is 6.92 Å². The molecule has 0 fully saturated rings. The second-order valence-corrected chi connectivity index (χ2v) is 7.04. The Hall–Kier alpha value is -3.67. The van der Waals surface area contributed by atoms with Crippen LogP contribution in [0.5, 0.6) is 0 Å². The molecule has 4 rings (SSSR count). The molecule has 1 amide bonds. The Balaban J connectivity index is 1.55. The average molecular weight is 386 g/mol. The van der Waals surface area contributed by atoms with Gasteiger partial charge in [-0.05, 0) is 35.7 Å². The first-order valence-corrected chi connectivity index (χ1v) is 9.43. The molecule has 0 aliphatic carbocycles. The van der Waals surface area contributed by atoms with Gasteiger partial charge in [0.05, 0.1) is 13.1 Å². The van der Waals surface area contributed by atoms with Crippen LogP contribution < -0.4 is 0 Å². The van der Waals surface area contributed by atoms with Crippen LogP contribution in [-0.4, -0.2) is 32.8 Å². The average Bonchev–Trinajstić information content (AvgIpc) is 3.39. The summed E-state index contributed by atoms with van der Waals surface area (Å²) in [5.41, 5.74) is 4.46. The summed E-state index contributed by atoms with van der Waals surface area (Å²) >= 11 is 0. The van der Waals surface area contributed by atoms with Crippen molar-refractivity contribution < 1.29 is 9.32 Å². The van der Waals surface area contributed by atoms with E-state index in [0.29, 0.717) is 18.7 Å². The maximum absolute atomic E-state index is 13.1. The van der Waals surface area contributed by atoms with E-state index in [4.69, 9.17) is 4.52 Å². The van der Waals surface area contributed by atoms with Crippen LogP contribution >= 0.6 is 0 Å². The third kappa shape index (κ3) is 4.27. The molecule has 29 heavy (non-hydrogen) atoms. The van der Waals surface area contributed by atoms with E-state index in [9.17, 15) is 4.79 Å². The van der Waals surface area contributed by atoms with Gasteiger partial charge in [-0.15, -0.1) is 0 Å². The van der Waals surface area contributed by atoms with Gasteiger partial charge in [0.25, 0.3) is 5.91 Å². The van der Waals surface area contributed by atoms with E-state index < -0.39 is 0 Å². The van der Waals surface area contributed by atoms with Gasteiger partial charge in [-0.2, -0.15) is 5.10 Å². The van der Waals surface area contributed by atoms with Crippen LogP contribution in [0.3, 0.4) is 0 Å². The van der Waals surface area contributed by atoms with Crippen LogP contribution in [0.1, 0.15) is 27.4 Å². The van der Waals surface area contributed by atoms with Gasteiger partial charge in [-0.25, -0.2) is 0 Å². The fourth-order valence-corrected chi connectivity index (χ4v) is 3.30. The Morgan fingerprint density at radius 1 is 1.10 bits per heavy atom. The molecule has 0 radical (unpaired) electrons. The van der Waals surface area contributed by atoms with Gasteiger partial charge in [0.2, 0.25) is 0 Å². The number of aryl methyl sites for hydroxylation is 1. The zero-order valence-electron chi connectivity index (χ0n) is 16.4. The number of benzene rings is 2. The predicted molar refractivity (Wildman–Crippen MR) is 110 cm³/mol. The number of hydrogen-bond donors (Lipinski definition) is 0. The highest BCUT2D eigenvalue weighted by molar-refractivity contribution is 6.00. The van der Waals surface area contributed by atoms with E-state index in [0.717, 1.165) is 28.1 Å². The molecule has 2 aromatic heterocycles. The summed E-state index contributed by atoms with van der Waals surface area (Å²) < 4.78 is 6.98. The molecule has 0 saturated heterocycles. The normalized spacial score (nSPS) is 10.8. The molecule has 0 spiro atoms. The first-order valence-electron chi connectivity index (χ1n) is 9.43. The maximum atomic E-state index is 13.1. The van der Waals surface area contributed by atoms with Crippen molar-refractivity contribution >= 4 is 5.91 Å². The monoisotopic (exact) mass is 386 g/mol. The minimum absolute atomic E-state index is 0.0538. The molecule has 4 aromatic rings. The summed E-state index contributed by atoms with van der Waals surface area (Å²) in [5, 5.41) is 8.22. The molecule has 0 aliphatic heterocycles. The third-order valence-electron chi connectivity index (χ3n) is 4.75. The topological polar surface area (TPSA) is 64.2 Å². The van der Waals surface area contributed by atoms with Crippen molar-refractivity contribution in [3.05, 3.63) is 95.6 Å². The third-order valence-corrected chi connectivity index (χ3v) is 4.75. The Labute approximate surface area is 169 Å². The van der Waals surface area contributed by atoms with E-state index >= 15 is 0 Å². The first kappa shape index (κ1) is 18.7. The fraction of sp³-hybridized carbons (Fsp3) is 0.174. The molecule has 0 saturated carbocycles. The summed E-state index contributed by atoms with van der Waals surface area (Å²) in [4.78, 5) is 14.7. The van der Waals surface area contributed by atoms with Crippen molar-refractivity contribution in [3.63, 3.8) is 0 Å². The molecule has 6 nitrogen and oxygen atoms in total. The lowest BCUT2D eigenvalue weighted by molar-refractivity contribution is 0.0783. The van der Waals surface area contributed by atoms with E-state index in [2.05, 4.69) is 22.4 Å². The molecule has 2 aromatic carbocycles.